The zero-order chi connectivity index (χ0) is 19.2. The lowest BCUT2D eigenvalue weighted by molar-refractivity contribution is 0.0454. The van der Waals surface area contributed by atoms with Crippen molar-refractivity contribution in [1.29, 1.82) is 0 Å². The van der Waals surface area contributed by atoms with Crippen molar-refractivity contribution < 1.29 is 19.4 Å². The quantitative estimate of drug-likeness (QED) is 0.705. The van der Waals surface area contributed by atoms with Gasteiger partial charge in [-0.1, -0.05) is 18.2 Å². The zero-order valence-electron chi connectivity index (χ0n) is 16.3. The van der Waals surface area contributed by atoms with E-state index in [1.54, 1.807) is 0 Å². The van der Waals surface area contributed by atoms with E-state index in [9.17, 15) is 9.90 Å². The third-order valence-electron chi connectivity index (χ3n) is 4.27. The number of hydrogen-bond donors (Lipinski definition) is 2. The number of ether oxygens (including phenoxy) is 2. The van der Waals surface area contributed by atoms with Crippen LogP contribution in [-0.4, -0.2) is 60.6 Å². The fourth-order valence-corrected chi connectivity index (χ4v) is 2.90. The number of carbonyl (C=O) groups excluding carboxylic acids is 1. The largest absolute Gasteiger partial charge is 0.491 e. The van der Waals surface area contributed by atoms with Crippen molar-refractivity contribution in [3.8, 4) is 5.75 Å². The molecule has 146 valence electrons. The molecule has 1 aliphatic rings. The maximum absolute atomic E-state index is 11.9. The van der Waals surface area contributed by atoms with Crippen LogP contribution in [0.5, 0.6) is 5.75 Å². The summed E-state index contributed by atoms with van der Waals surface area (Å²) < 4.78 is 10.9. The van der Waals surface area contributed by atoms with Gasteiger partial charge in [0, 0.05) is 19.1 Å². The Labute approximate surface area is 156 Å². The highest BCUT2D eigenvalue weighted by molar-refractivity contribution is 5.67. The minimum atomic E-state index is -0.594. The van der Waals surface area contributed by atoms with Gasteiger partial charge in [-0.25, -0.2) is 4.79 Å². The number of para-hydroxylation sites is 1. The van der Waals surface area contributed by atoms with E-state index in [1.807, 2.05) is 58.2 Å². The number of nitrogens with zero attached hydrogens (tertiary/aromatic N) is 1. The summed E-state index contributed by atoms with van der Waals surface area (Å²) in [6, 6.07) is 9.66. The molecule has 0 aliphatic heterocycles. The van der Waals surface area contributed by atoms with Crippen molar-refractivity contribution in [3.05, 3.63) is 30.3 Å². The molecule has 1 aromatic carbocycles. The number of benzene rings is 1. The van der Waals surface area contributed by atoms with E-state index < -0.39 is 17.8 Å². The number of aliphatic hydroxyl groups excluding tert-OH is 1. The predicted molar refractivity (Wildman–Crippen MR) is 101 cm³/mol. The summed E-state index contributed by atoms with van der Waals surface area (Å²) in [6.45, 7) is 6.79. The van der Waals surface area contributed by atoms with Crippen LogP contribution in [0.2, 0.25) is 0 Å². The maximum atomic E-state index is 11.9. The molecular formula is C20H32N2O4. The van der Waals surface area contributed by atoms with Gasteiger partial charge in [0.2, 0.25) is 0 Å². The molecule has 0 unspecified atom stereocenters. The van der Waals surface area contributed by atoms with Crippen LogP contribution in [0.25, 0.3) is 0 Å². The van der Waals surface area contributed by atoms with E-state index in [2.05, 4.69) is 10.2 Å². The summed E-state index contributed by atoms with van der Waals surface area (Å²) in [6.07, 6.45) is 1.32. The summed E-state index contributed by atoms with van der Waals surface area (Å²) >= 11 is 0. The highest BCUT2D eigenvalue weighted by atomic mass is 16.6. The maximum Gasteiger partial charge on any atom is 0.407 e. The molecule has 2 rings (SSSR count). The molecular weight excluding hydrogens is 332 g/mol. The first kappa shape index (κ1) is 20.5. The molecule has 6 nitrogen and oxygen atoms in total. The number of amides is 1. The van der Waals surface area contributed by atoms with Crippen molar-refractivity contribution in [2.24, 2.45) is 5.92 Å². The van der Waals surface area contributed by atoms with Crippen molar-refractivity contribution in [1.82, 2.24) is 10.2 Å². The Kier molecular flexibility index (Phi) is 7.29. The molecule has 1 saturated carbocycles. The third kappa shape index (κ3) is 7.62. The number of nitrogens with one attached hydrogen (secondary N) is 1. The molecule has 0 aromatic heterocycles. The Balaban J connectivity index is 1.76. The van der Waals surface area contributed by atoms with Crippen molar-refractivity contribution in [3.63, 3.8) is 0 Å². The molecule has 2 N–H and O–H groups in total. The molecule has 1 fully saturated rings. The zero-order valence-corrected chi connectivity index (χ0v) is 16.3. The SMILES string of the molecule is CN(C[C@@H](O)COc1ccccc1)[C@H](CNC(=O)OC(C)(C)C)C1CC1. The topological polar surface area (TPSA) is 71.0 Å². The van der Waals surface area contributed by atoms with E-state index in [-0.39, 0.29) is 12.6 Å². The van der Waals surface area contributed by atoms with Gasteiger partial charge < -0.3 is 19.9 Å². The van der Waals surface area contributed by atoms with Crippen molar-refractivity contribution in [2.45, 2.75) is 51.4 Å². The van der Waals surface area contributed by atoms with Crippen molar-refractivity contribution >= 4 is 6.09 Å². The number of likely N-dealkylation sites (N-methyl/N-ethyl adjacent to an activating group) is 1. The van der Waals surface area contributed by atoms with Crippen LogP contribution in [0.1, 0.15) is 33.6 Å². The first-order valence-electron chi connectivity index (χ1n) is 9.27. The number of carbonyl (C=O) groups is 1. The Bertz CT molecular complexity index is 555. The smallest absolute Gasteiger partial charge is 0.407 e. The Morgan fingerprint density at radius 1 is 1.31 bits per heavy atom. The van der Waals surface area contributed by atoms with E-state index in [4.69, 9.17) is 9.47 Å². The monoisotopic (exact) mass is 364 g/mol. The van der Waals surface area contributed by atoms with Crippen LogP contribution in [0, 0.1) is 5.92 Å². The van der Waals surface area contributed by atoms with Gasteiger partial charge in [0.05, 0.1) is 0 Å². The van der Waals surface area contributed by atoms with Gasteiger partial charge in [-0.05, 0) is 58.7 Å². The lowest BCUT2D eigenvalue weighted by Gasteiger charge is -2.30. The van der Waals surface area contributed by atoms with Crippen LogP contribution in [0.15, 0.2) is 30.3 Å². The molecule has 2 atom stereocenters. The van der Waals surface area contributed by atoms with Gasteiger partial charge in [-0.2, -0.15) is 0 Å². The number of rotatable bonds is 9. The molecule has 6 heteroatoms. The van der Waals surface area contributed by atoms with E-state index >= 15 is 0 Å². The molecule has 1 amide bonds. The lowest BCUT2D eigenvalue weighted by atomic mass is 10.1. The summed E-state index contributed by atoms with van der Waals surface area (Å²) in [7, 11) is 1.98. The number of alkyl carbamates (subject to hydrolysis) is 1. The molecule has 1 aromatic rings. The minimum absolute atomic E-state index is 0.189. The fraction of sp³-hybridized carbons (Fsp3) is 0.650. The summed E-state index contributed by atoms with van der Waals surface area (Å²) in [5, 5.41) is 13.1. The normalized spacial score (nSPS) is 16.8. The molecule has 1 aliphatic carbocycles. The van der Waals surface area contributed by atoms with Crippen molar-refractivity contribution in [2.75, 3.05) is 26.7 Å². The van der Waals surface area contributed by atoms with Crippen LogP contribution in [0.3, 0.4) is 0 Å². The summed E-state index contributed by atoms with van der Waals surface area (Å²) in [5.41, 5.74) is -0.504. The second-order valence-corrected chi connectivity index (χ2v) is 8.01. The minimum Gasteiger partial charge on any atom is -0.491 e. The first-order chi connectivity index (χ1) is 12.2. The molecule has 26 heavy (non-hydrogen) atoms. The standard InChI is InChI=1S/C20H32N2O4/c1-20(2,3)26-19(24)21-12-18(15-10-11-15)22(4)13-16(23)14-25-17-8-6-5-7-9-17/h5-9,15-16,18,23H,10-14H2,1-4H3,(H,21,24)/t16-,18-/m1/s1. The van der Waals surface area contributed by atoms with Gasteiger partial charge in [0.25, 0.3) is 0 Å². The van der Waals surface area contributed by atoms with E-state index in [0.717, 1.165) is 18.6 Å². The van der Waals surface area contributed by atoms with Gasteiger partial charge in [0.1, 0.15) is 24.1 Å². The highest BCUT2D eigenvalue weighted by Crippen LogP contribution is 2.34. The molecule has 0 radical (unpaired) electrons. The van der Waals surface area contributed by atoms with Gasteiger partial charge in [-0.3, -0.25) is 4.90 Å². The first-order valence-corrected chi connectivity index (χ1v) is 9.27. The van der Waals surface area contributed by atoms with Crippen LogP contribution < -0.4 is 10.1 Å². The van der Waals surface area contributed by atoms with E-state index in [1.165, 1.54) is 0 Å². The summed E-state index contributed by atoms with van der Waals surface area (Å²) in [4.78, 5) is 14.0. The Morgan fingerprint density at radius 3 is 2.54 bits per heavy atom. The van der Waals surface area contributed by atoms with Gasteiger partial charge >= 0.3 is 6.09 Å². The van der Waals surface area contributed by atoms with E-state index in [0.29, 0.717) is 19.0 Å². The highest BCUT2D eigenvalue weighted by Gasteiger charge is 2.35. The predicted octanol–water partition coefficient (Wildman–Crippen LogP) is 2.66. The number of hydrogen-bond acceptors (Lipinski definition) is 5. The Morgan fingerprint density at radius 2 is 1.96 bits per heavy atom. The van der Waals surface area contributed by atoms with Crippen LogP contribution in [-0.2, 0) is 4.74 Å². The molecule has 0 saturated heterocycles. The molecule has 0 heterocycles. The van der Waals surface area contributed by atoms with Crippen LogP contribution in [0.4, 0.5) is 4.79 Å². The molecule has 0 bridgehead atoms. The second-order valence-electron chi connectivity index (χ2n) is 8.01. The third-order valence-corrected chi connectivity index (χ3v) is 4.27. The molecule has 0 spiro atoms. The second kappa shape index (κ2) is 9.24. The van der Waals surface area contributed by atoms with Crippen LogP contribution >= 0.6 is 0 Å². The fourth-order valence-electron chi connectivity index (χ4n) is 2.90. The summed E-state index contributed by atoms with van der Waals surface area (Å²) in [5.74, 6) is 1.30. The Hall–Kier alpha value is -1.79. The lowest BCUT2D eigenvalue weighted by Crippen LogP contribution is -2.47. The average molecular weight is 364 g/mol. The van der Waals surface area contributed by atoms with Gasteiger partial charge in [-0.15, -0.1) is 0 Å². The number of aliphatic hydroxyl groups is 1. The van der Waals surface area contributed by atoms with Gasteiger partial charge in [0.15, 0.2) is 0 Å². The average Bonchev–Trinajstić information content (AvgIpc) is 3.37.